The number of non-ortho nitro benzene ring substituents is 1. The molecule has 0 aliphatic heterocycles. The predicted octanol–water partition coefficient (Wildman–Crippen LogP) is 2.77. The molecule has 1 N–H and O–H groups in total. The van der Waals surface area contributed by atoms with Crippen molar-refractivity contribution in [3.8, 4) is 6.07 Å². The zero-order chi connectivity index (χ0) is 17.3. The van der Waals surface area contributed by atoms with Crippen LogP contribution in [0.3, 0.4) is 0 Å². The Bertz CT molecular complexity index is 822. The summed E-state index contributed by atoms with van der Waals surface area (Å²) >= 11 is 0. The van der Waals surface area contributed by atoms with Crippen LogP contribution in [0.4, 0.5) is 11.5 Å². The van der Waals surface area contributed by atoms with Crippen LogP contribution >= 0.6 is 0 Å². The van der Waals surface area contributed by atoms with E-state index in [0.29, 0.717) is 34.2 Å². The maximum atomic E-state index is 10.9. The standard InChI is InChI=1S/C17H19N5O2/c1-21(2)16(11-3-4-11)10-19-17-7-12(9-18)14-8-13(22(23)24)5-6-15(14)20-17/h5-8,11,16H,3-4,10H2,1-2H3,(H,19,20). The third-order valence-corrected chi connectivity index (χ3v) is 4.45. The number of hydrogen-bond acceptors (Lipinski definition) is 6. The van der Waals surface area contributed by atoms with Crippen LogP contribution in [0, 0.1) is 27.4 Å². The molecular formula is C17H19N5O2. The molecule has 1 fully saturated rings. The van der Waals surface area contributed by atoms with Crippen LogP contribution in [0.25, 0.3) is 10.9 Å². The molecule has 1 aromatic carbocycles. The number of aromatic nitrogens is 1. The van der Waals surface area contributed by atoms with Gasteiger partial charge in [0.05, 0.1) is 22.1 Å². The average Bonchev–Trinajstić information content (AvgIpc) is 3.38. The van der Waals surface area contributed by atoms with Gasteiger partial charge in [0.1, 0.15) is 5.82 Å². The van der Waals surface area contributed by atoms with Gasteiger partial charge in [0, 0.05) is 30.1 Å². The molecule has 124 valence electrons. The second kappa shape index (κ2) is 6.42. The van der Waals surface area contributed by atoms with Crippen molar-refractivity contribution in [3.05, 3.63) is 39.9 Å². The summed E-state index contributed by atoms with van der Waals surface area (Å²) in [4.78, 5) is 17.1. The molecule has 2 aromatic rings. The number of rotatable bonds is 6. The summed E-state index contributed by atoms with van der Waals surface area (Å²) in [5, 5.41) is 24.1. The van der Waals surface area contributed by atoms with Gasteiger partial charge in [-0.3, -0.25) is 10.1 Å². The van der Waals surface area contributed by atoms with Crippen molar-refractivity contribution >= 4 is 22.4 Å². The highest BCUT2D eigenvalue weighted by Crippen LogP contribution is 2.34. The molecule has 1 heterocycles. The average molecular weight is 325 g/mol. The van der Waals surface area contributed by atoms with Gasteiger partial charge >= 0.3 is 0 Å². The number of pyridine rings is 1. The lowest BCUT2D eigenvalue weighted by Gasteiger charge is -2.24. The third kappa shape index (κ3) is 3.29. The van der Waals surface area contributed by atoms with E-state index >= 15 is 0 Å². The van der Waals surface area contributed by atoms with Crippen LogP contribution in [0.1, 0.15) is 18.4 Å². The lowest BCUT2D eigenvalue weighted by molar-refractivity contribution is -0.384. The fourth-order valence-electron chi connectivity index (χ4n) is 2.97. The van der Waals surface area contributed by atoms with Gasteiger partial charge in [-0.15, -0.1) is 0 Å². The number of likely N-dealkylation sites (N-methyl/N-ethyl adjacent to an activating group) is 1. The Labute approximate surface area is 140 Å². The summed E-state index contributed by atoms with van der Waals surface area (Å²) in [7, 11) is 4.14. The van der Waals surface area contributed by atoms with Crippen molar-refractivity contribution in [3.63, 3.8) is 0 Å². The molecule has 0 amide bonds. The first-order valence-electron chi connectivity index (χ1n) is 7.89. The van der Waals surface area contributed by atoms with Gasteiger partial charge in [-0.2, -0.15) is 5.26 Å². The van der Waals surface area contributed by atoms with Crippen LogP contribution in [0.15, 0.2) is 24.3 Å². The SMILES string of the molecule is CN(C)C(CNc1cc(C#N)c2cc([N+](=O)[O-])ccc2n1)C1CC1. The second-order valence-corrected chi connectivity index (χ2v) is 6.37. The van der Waals surface area contributed by atoms with Gasteiger partial charge in [0.25, 0.3) is 5.69 Å². The van der Waals surface area contributed by atoms with Crippen molar-refractivity contribution < 1.29 is 4.92 Å². The molecule has 1 aliphatic carbocycles. The summed E-state index contributed by atoms with van der Waals surface area (Å²) in [6.45, 7) is 0.758. The fourth-order valence-corrected chi connectivity index (χ4v) is 2.97. The number of nitrogens with zero attached hydrogens (tertiary/aromatic N) is 4. The molecule has 0 saturated heterocycles. The summed E-state index contributed by atoms with van der Waals surface area (Å²) in [6.07, 6.45) is 2.51. The Balaban J connectivity index is 1.88. The highest BCUT2D eigenvalue weighted by molar-refractivity contribution is 5.88. The highest BCUT2D eigenvalue weighted by Gasteiger charge is 2.32. The molecule has 0 bridgehead atoms. The van der Waals surface area contributed by atoms with Crippen molar-refractivity contribution in [1.82, 2.24) is 9.88 Å². The third-order valence-electron chi connectivity index (χ3n) is 4.45. The zero-order valence-electron chi connectivity index (χ0n) is 13.7. The van der Waals surface area contributed by atoms with Crippen LogP contribution in [0.5, 0.6) is 0 Å². The first-order valence-corrected chi connectivity index (χ1v) is 7.89. The second-order valence-electron chi connectivity index (χ2n) is 6.37. The number of nitro groups is 1. The molecule has 7 heteroatoms. The van der Waals surface area contributed by atoms with E-state index in [1.165, 1.54) is 25.0 Å². The van der Waals surface area contributed by atoms with Crippen LogP contribution < -0.4 is 5.32 Å². The van der Waals surface area contributed by atoms with Crippen molar-refractivity contribution in [1.29, 1.82) is 5.26 Å². The number of anilines is 1. The van der Waals surface area contributed by atoms with Crippen molar-refractivity contribution in [2.24, 2.45) is 5.92 Å². The summed E-state index contributed by atoms with van der Waals surface area (Å²) in [5.41, 5.74) is 0.928. The monoisotopic (exact) mass is 325 g/mol. The number of nitrogens with one attached hydrogen (secondary N) is 1. The molecule has 0 radical (unpaired) electrons. The Hall–Kier alpha value is -2.72. The largest absolute Gasteiger partial charge is 0.368 e. The van der Waals surface area contributed by atoms with Gasteiger partial charge in [0.2, 0.25) is 0 Å². The topological polar surface area (TPSA) is 95.1 Å². The Morgan fingerprint density at radius 3 is 2.79 bits per heavy atom. The zero-order valence-corrected chi connectivity index (χ0v) is 13.7. The Morgan fingerprint density at radius 1 is 1.46 bits per heavy atom. The molecular weight excluding hydrogens is 306 g/mol. The van der Waals surface area contributed by atoms with E-state index in [1.54, 1.807) is 12.1 Å². The van der Waals surface area contributed by atoms with E-state index in [4.69, 9.17) is 0 Å². The van der Waals surface area contributed by atoms with E-state index in [9.17, 15) is 15.4 Å². The van der Waals surface area contributed by atoms with E-state index in [0.717, 1.165) is 6.54 Å². The molecule has 7 nitrogen and oxygen atoms in total. The van der Waals surface area contributed by atoms with Gasteiger partial charge in [-0.1, -0.05) is 0 Å². The quantitative estimate of drug-likeness (QED) is 0.648. The Morgan fingerprint density at radius 2 is 2.21 bits per heavy atom. The number of benzene rings is 1. The highest BCUT2D eigenvalue weighted by atomic mass is 16.6. The minimum atomic E-state index is -0.468. The first kappa shape index (κ1) is 16.1. The van der Waals surface area contributed by atoms with Gasteiger partial charge in [-0.05, 0) is 45.0 Å². The normalized spacial score (nSPS) is 15.2. The van der Waals surface area contributed by atoms with E-state index < -0.39 is 4.92 Å². The van der Waals surface area contributed by atoms with E-state index in [1.807, 2.05) is 0 Å². The van der Waals surface area contributed by atoms with Crippen LogP contribution in [0.2, 0.25) is 0 Å². The molecule has 0 spiro atoms. The molecule has 24 heavy (non-hydrogen) atoms. The summed E-state index contributed by atoms with van der Waals surface area (Å²) in [5.74, 6) is 1.34. The summed E-state index contributed by atoms with van der Waals surface area (Å²) < 4.78 is 0. The van der Waals surface area contributed by atoms with Crippen molar-refractivity contribution in [2.45, 2.75) is 18.9 Å². The maximum absolute atomic E-state index is 10.9. The number of nitriles is 1. The molecule has 1 saturated carbocycles. The predicted molar refractivity (Wildman–Crippen MR) is 91.8 cm³/mol. The number of fused-ring (bicyclic) bond motifs is 1. The minimum absolute atomic E-state index is 0.0390. The van der Waals surface area contributed by atoms with Crippen LogP contribution in [-0.4, -0.2) is 41.5 Å². The van der Waals surface area contributed by atoms with E-state index in [-0.39, 0.29) is 5.69 Å². The molecule has 1 aliphatic rings. The molecule has 3 rings (SSSR count). The van der Waals surface area contributed by atoms with E-state index in [2.05, 4.69) is 35.4 Å². The molecule has 1 unspecified atom stereocenters. The smallest absolute Gasteiger partial charge is 0.270 e. The van der Waals surface area contributed by atoms with Gasteiger partial charge in [0.15, 0.2) is 0 Å². The fraction of sp³-hybridized carbons (Fsp3) is 0.412. The van der Waals surface area contributed by atoms with Gasteiger partial charge in [-0.25, -0.2) is 4.98 Å². The lowest BCUT2D eigenvalue weighted by Crippen LogP contribution is -2.36. The van der Waals surface area contributed by atoms with Gasteiger partial charge < -0.3 is 10.2 Å². The Kier molecular flexibility index (Phi) is 4.32. The van der Waals surface area contributed by atoms with Crippen LogP contribution in [-0.2, 0) is 0 Å². The molecule has 1 aromatic heterocycles. The summed E-state index contributed by atoms with van der Waals surface area (Å²) in [6, 6.07) is 8.60. The minimum Gasteiger partial charge on any atom is -0.368 e. The lowest BCUT2D eigenvalue weighted by atomic mass is 10.1. The maximum Gasteiger partial charge on any atom is 0.270 e. The number of hydrogen-bond donors (Lipinski definition) is 1. The van der Waals surface area contributed by atoms with Crippen molar-refractivity contribution in [2.75, 3.05) is 26.0 Å². The number of nitro benzene ring substituents is 1. The molecule has 1 atom stereocenters. The first-order chi connectivity index (χ1) is 11.5.